The van der Waals surface area contributed by atoms with E-state index in [0.29, 0.717) is 18.5 Å². The Kier molecular flexibility index (Phi) is 7.52. The van der Waals surface area contributed by atoms with Crippen molar-refractivity contribution < 1.29 is 4.74 Å². The van der Waals surface area contributed by atoms with Gasteiger partial charge >= 0.3 is 0 Å². The van der Waals surface area contributed by atoms with Crippen LogP contribution >= 0.6 is 15.9 Å². The van der Waals surface area contributed by atoms with E-state index < -0.39 is 0 Å². The molecule has 50 valence electrons. The van der Waals surface area contributed by atoms with Crippen molar-refractivity contribution in [3.63, 3.8) is 0 Å². The van der Waals surface area contributed by atoms with Gasteiger partial charge in [0.25, 0.3) is 0 Å². The molecule has 0 aliphatic heterocycles. The van der Waals surface area contributed by atoms with Crippen molar-refractivity contribution in [1.82, 2.24) is 0 Å². The average Bonchev–Trinajstić information content (AvgIpc) is 1.89. The maximum atomic E-state index is 4.97. The summed E-state index contributed by atoms with van der Waals surface area (Å²) in [6.45, 7) is 4.57. The average molecular weight is 189 g/mol. The van der Waals surface area contributed by atoms with Crippen molar-refractivity contribution in [3.05, 3.63) is 12.7 Å². The van der Waals surface area contributed by atoms with Gasteiger partial charge in [0.15, 0.2) is 0 Å². The van der Waals surface area contributed by atoms with E-state index in [-0.39, 0.29) is 0 Å². The second-order valence-corrected chi connectivity index (χ2v) is 1.85. The molecule has 0 heterocycles. The van der Waals surface area contributed by atoms with Crippen LogP contribution in [0.4, 0.5) is 0 Å². The van der Waals surface area contributed by atoms with Crippen LogP contribution in [0.15, 0.2) is 12.7 Å². The lowest BCUT2D eigenvalue weighted by atomic mass is 10.6. The molecule has 0 aliphatic rings. The largest absolute Gasteiger partial charge is 0.365 e. The second-order valence-electron chi connectivity index (χ2n) is 1.29. The second kappa shape index (κ2) is 7.74. The zero-order chi connectivity index (χ0) is 6.95. The van der Waals surface area contributed by atoms with Gasteiger partial charge in [0.2, 0.25) is 0 Å². The molecule has 0 saturated heterocycles. The van der Waals surface area contributed by atoms with Gasteiger partial charge in [-0.3, -0.25) is 0 Å². The third-order valence-electron chi connectivity index (χ3n) is 0.602. The van der Waals surface area contributed by atoms with Gasteiger partial charge in [-0.05, 0) is 0 Å². The van der Waals surface area contributed by atoms with Crippen molar-refractivity contribution in [3.8, 4) is 11.8 Å². The Morgan fingerprint density at radius 2 is 2.33 bits per heavy atom. The molecule has 0 rings (SSSR count). The first kappa shape index (κ1) is 8.74. The topological polar surface area (TPSA) is 9.23 Å². The molecule has 0 unspecified atom stereocenters. The highest BCUT2D eigenvalue weighted by Gasteiger charge is 1.73. The van der Waals surface area contributed by atoms with Crippen LogP contribution in [0.5, 0.6) is 0 Å². The molecule has 0 atom stereocenters. The van der Waals surface area contributed by atoms with Gasteiger partial charge < -0.3 is 4.74 Å². The molecule has 1 nitrogen and oxygen atoms in total. The van der Waals surface area contributed by atoms with Crippen molar-refractivity contribution in [2.75, 3.05) is 18.5 Å². The molecule has 0 spiro atoms. The summed E-state index contributed by atoms with van der Waals surface area (Å²) in [5.74, 6) is 5.62. The quantitative estimate of drug-likeness (QED) is 0.283. The zero-order valence-electron chi connectivity index (χ0n) is 5.19. The predicted molar refractivity (Wildman–Crippen MR) is 42.6 cm³/mol. The minimum absolute atomic E-state index is 0.498. The minimum atomic E-state index is 0.498. The Labute approximate surface area is 64.2 Å². The van der Waals surface area contributed by atoms with Gasteiger partial charge in [0, 0.05) is 0 Å². The molecule has 0 N–H and O–H groups in total. The summed E-state index contributed by atoms with van der Waals surface area (Å²) in [6.07, 6.45) is 1.70. The van der Waals surface area contributed by atoms with Gasteiger partial charge in [-0.2, -0.15) is 0 Å². The van der Waals surface area contributed by atoms with E-state index in [1.54, 1.807) is 6.08 Å². The number of hydrogen-bond donors (Lipinski definition) is 0. The highest BCUT2D eigenvalue weighted by molar-refractivity contribution is 9.09. The lowest BCUT2D eigenvalue weighted by Gasteiger charge is -1.88. The summed E-state index contributed by atoms with van der Waals surface area (Å²) in [6, 6.07) is 0. The van der Waals surface area contributed by atoms with Gasteiger partial charge in [-0.1, -0.05) is 33.8 Å². The summed E-state index contributed by atoms with van der Waals surface area (Å²) < 4.78 is 4.97. The lowest BCUT2D eigenvalue weighted by molar-refractivity contribution is 0.199. The third kappa shape index (κ3) is 7.74. The van der Waals surface area contributed by atoms with Gasteiger partial charge in [0.1, 0.15) is 6.61 Å². The maximum Gasteiger partial charge on any atom is 0.108 e. The molecule has 0 fully saturated rings. The van der Waals surface area contributed by atoms with Crippen molar-refractivity contribution >= 4 is 15.9 Å². The normalized spacial score (nSPS) is 7.67. The number of halogens is 1. The third-order valence-corrected chi connectivity index (χ3v) is 0.882. The highest BCUT2D eigenvalue weighted by Crippen LogP contribution is 1.75. The van der Waals surface area contributed by atoms with Crippen LogP contribution in [-0.4, -0.2) is 18.5 Å². The number of ether oxygens (including phenoxy) is 1. The summed E-state index contributed by atoms with van der Waals surface area (Å²) in [4.78, 5) is 0. The molecule has 0 saturated carbocycles. The Bertz CT molecular complexity index is 121. The molecule has 0 bridgehead atoms. The van der Waals surface area contributed by atoms with Crippen LogP contribution in [0.2, 0.25) is 0 Å². The first-order valence-corrected chi connectivity index (χ1v) is 3.74. The Morgan fingerprint density at radius 3 is 2.89 bits per heavy atom. The zero-order valence-corrected chi connectivity index (χ0v) is 6.78. The van der Waals surface area contributed by atoms with E-state index in [0.717, 1.165) is 0 Å². The standard InChI is InChI=1S/C7H9BrO/c1-2-6-9-7-4-3-5-8/h2H,1,5-7H2. The van der Waals surface area contributed by atoms with E-state index >= 15 is 0 Å². The molecule has 0 aromatic carbocycles. The molecular weight excluding hydrogens is 180 g/mol. The molecule has 0 amide bonds. The molecule has 0 aromatic rings. The van der Waals surface area contributed by atoms with Crippen LogP contribution < -0.4 is 0 Å². The molecule has 0 aromatic heterocycles. The van der Waals surface area contributed by atoms with Gasteiger partial charge in [0.05, 0.1) is 11.9 Å². The minimum Gasteiger partial charge on any atom is -0.365 e. The fourth-order valence-corrected chi connectivity index (χ4v) is 0.490. The van der Waals surface area contributed by atoms with Crippen molar-refractivity contribution in [2.24, 2.45) is 0 Å². The molecular formula is C7H9BrO. The first-order valence-electron chi connectivity index (χ1n) is 2.62. The van der Waals surface area contributed by atoms with Crippen molar-refractivity contribution in [2.45, 2.75) is 0 Å². The summed E-state index contributed by atoms with van der Waals surface area (Å²) >= 11 is 3.17. The molecule has 2 heteroatoms. The van der Waals surface area contributed by atoms with Gasteiger partial charge in [-0.25, -0.2) is 0 Å². The Balaban J connectivity index is 2.98. The number of hydrogen-bond acceptors (Lipinski definition) is 1. The molecule has 0 aliphatic carbocycles. The van der Waals surface area contributed by atoms with Crippen molar-refractivity contribution in [1.29, 1.82) is 0 Å². The number of alkyl halides is 1. The smallest absolute Gasteiger partial charge is 0.108 e. The Morgan fingerprint density at radius 1 is 1.56 bits per heavy atom. The number of rotatable bonds is 3. The predicted octanol–water partition coefficient (Wildman–Crippen LogP) is 1.59. The fraction of sp³-hybridized carbons (Fsp3) is 0.429. The summed E-state index contributed by atoms with van der Waals surface area (Å²) in [5.41, 5.74) is 0. The van der Waals surface area contributed by atoms with Crippen LogP contribution in [0.25, 0.3) is 0 Å². The van der Waals surface area contributed by atoms with E-state index in [2.05, 4.69) is 34.3 Å². The lowest BCUT2D eigenvalue weighted by Crippen LogP contribution is -1.89. The van der Waals surface area contributed by atoms with Gasteiger partial charge in [-0.15, -0.1) is 6.58 Å². The van der Waals surface area contributed by atoms with Crippen LogP contribution in [0.1, 0.15) is 0 Å². The first-order chi connectivity index (χ1) is 4.41. The van der Waals surface area contributed by atoms with E-state index in [1.807, 2.05) is 0 Å². The summed E-state index contributed by atoms with van der Waals surface area (Å²) in [5, 5.41) is 0.713. The van der Waals surface area contributed by atoms with E-state index in [4.69, 9.17) is 4.74 Å². The molecule has 9 heavy (non-hydrogen) atoms. The van der Waals surface area contributed by atoms with Crippen LogP contribution in [0.3, 0.4) is 0 Å². The van der Waals surface area contributed by atoms with Crippen LogP contribution in [0, 0.1) is 11.8 Å². The maximum absolute atomic E-state index is 4.97. The van der Waals surface area contributed by atoms with E-state index in [9.17, 15) is 0 Å². The Hall–Kier alpha value is -0.260. The van der Waals surface area contributed by atoms with Crippen LogP contribution in [-0.2, 0) is 4.74 Å². The van der Waals surface area contributed by atoms with E-state index in [1.165, 1.54) is 0 Å². The molecule has 0 radical (unpaired) electrons. The SMILES string of the molecule is C=CCOCC#CCBr. The highest BCUT2D eigenvalue weighted by atomic mass is 79.9. The fourth-order valence-electron chi connectivity index (χ4n) is 0.292. The summed E-state index contributed by atoms with van der Waals surface area (Å²) in [7, 11) is 0. The monoisotopic (exact) mass is 188 g/mol.